The van der Waals surface area contributed by atoms with Gasteiger partial charge in [0.1, 0.15) is 22.2 Å². The number of pyridine rings is 2. The van der Waals surface area contributed by atoms with Crippen LogP contribution in [-0.2, 0) is 0 Å². The zero-order chi connectivity index (χ0) is 28.3. The van der Waals surface area contributed by atoms with E-state index in [4.69, 9.17) is 8.83 Å². The molecule has 9 aromatic rings. The fourth-order valence-electron chi connectivity index (χ4n) is 6.16. The molecule has 0 N–H and O–H groups in total. The Balaban J connectivity index is 1.22. The van der Waals surface area contributed by atoms with E-state index in [-0.39, 0.29) is 0 Å². The minimum absolute atomic E-state index is 0.775. The van der Waals surface area contributed by atoms with Gasteiger partial charge in [-0.15, -0.1) is 0 Å². The van der Waals surface area contributed by atoms with E-state index >= 15 is 0 Å². The molecule has 202 valence electrons. The van der Waals surface area contributed by atoms with Crippen LogP contribution in [0.4, 0.5) is 17.1 Å². The van der Waals surface area contributed by atoms with Gasteiger partial charge in [-0.25, -0.2) is 0 Å². The van der Waals surface area contributed by atoms with Crippen LogP contribution in [0.25, 0.3) is 66.0 Å². The third kappa shape index (κ3) is 3.79. The summed E-state index contributed by atoms with van der Waals surface area (Å²) in [5.74, 6) is 0. The van der Waals surface area contributed by atoms with Crippen LogP contribution in [0.15, 0.2) is 149 Å². The molecular formula is C38H23N3O2. The molecule has 9 rings (SSSR count). The second kappa shape index (κ2) is 9.29. The first-order valence-corrected chi connectivity index (χ1v) is 14.2. The third-order valence-electron chi connectivity index (χ3n) is 8.16. The standard InChI is InChI=1S/C38H23N3O2/c1-2-8-29-24(6-1)7-3-9-30(29)25-12-14-26(15-13-25)41(27-16-18-31-35(22-27)42-33-10-4-20-39-37(31)33)28-17-19-32-36(23-28)43-34-11-5-21-40-38(32)34/h1-23H. The van der Waals surface area contributed by atoms with E-state index in [0.29, 0.717) is 0 Å². The Morgan fingerprint density at radius 2 is 1.02 bits per heavy atom. The van der Waals surface area contributed by atoms with Gasteiger partial charge < -0.3 is 13.7 Å². The van der Waals surface area contributed by atoms with Crippen LogP contribution in [0.1, 0.15) is 0 Å². The maximum Gasteiger partial charge on any atom is 0.153 e. The number of furan rings is 2. The summed E-state index contributed by atoms with van der Waals surface area (Å²) in [5, 5.41) is 4.45. The summed E-state index contributed by atoms with van der Waals surface area (Å²) < 4.78 is 12.5. The second-order valence-corrected chi connectivity index (χ2v) is 10.7. The topological polar surface area (TPSA) is 55.3 Å². The third-order valence-corrected chi connectivity index (χ3v) is 8.16. The molecule has 5 nitrogen and oxygen atoms in total. The minimum atomic E-state index is 0.775. The van der Waals surface area contributed by atoms with E-state index in [1.807, 2.05) is 24.3 Å². The molecule has 0 unspecified atom stereocenters. The van der Waals surface area contributed by atoms with Gasteiger partial charge in [-0.2, -0.15) is 0 Å². The molecule has 5 heteroatoms. The Hall–Kier alpha value is -5.94. The summed E-state index contributed by atoms with van der Waals surface area (Å²) in [6, 6.07) is 44.0. The van der Waals surface area contributed by atoms with Gasteiger partial charge in [-0.1, -0.05) is 54.6 Å². The minimum Gasteiger partial charge on any atom is -0.454 e. The van der Waals surface area contributed by atoms with E-state index in [1.54, 1.807) is 12.4 Å². The van der Waals surface area contributed by atoms with Crippen molar-refractivity contribution < 1.29 is 8.83 Å². The maximum atomic E-state index is 6.23. The normalized spacial score (nSPS) is 11.7. The number of fused-ring (bicyclic) bond motifs is 7. The number of anilines is 3. The van der Waals surface area contributed by atoms with Crippen molar-refractivity contribution in [3.05, 3.63) is 140 Å². The number of aromatic nitrogens is 2. The lowest BCUT2D eigenvalue weighted by atomic mass is 9.98. The van der Waals surface area contributed by atoms with Crippen LogP contribution in [0, 0.1) is 0 Å². The average molecular weight is 554 g/mol. The van der Waals surface area contributed by atoms with E-state index < -0.39 is 0 Å². The van der Waals surface area contributed by atoms with Crippen LogP contribution in [-0.4, -0.2) is 9.97 Å². The zero-order valence-corrected chi connectivity index (χ0v) is 22.9. The first kappa shape index (κ1) is 23.7. The van der Waals surface area contributed by atoms with Gasteiger partial charge in [-0.3, -0.25) is 9.97 Å². The van der Waals surface area contributed by atoms with Gasteiger partial charge >= 0.3 is 0 Å². The molecule has 4 aromatic heterocycles. The van der Waals surface area contributed by atoms with E-state index in [9.17, 15) is 0 Å². The number of hydrogen-bond acceptors (Lipinski definition) is 5. The highest BCUT2D eigenvalue weighted by Crippen LogP contribution is 2.41. The highest BCUT2D eigenvalue weighted by molar-refractivity contribution is 6.05. The van der Waals surface area contributed by atoms with Crippen LogP contribution >= 0.6 is 0 Å². The van der Waals surface area contributed by atoms with Gasteiger partial charge in [0.25, 0.3) is 0 Å². The number of benzene rings is 5. The molecule has 0 aliphatic rings. The Labute approximate surface area is 246 Å². The van der Waals surface area contributed by atoms with Crippen molar-refractivity contribution in [1.82, 2.24) is 9.97 Å². The summed E-state index contributed by atoms with van der Waals surface area (Å²) in [5.41, 5.74) is 10.2. The van der Waals surface area contributed by atoms with Crippen molar-refractivity contribution in [1.29, 1.82) is 0 Å². The summed E-state index contributed by atoms with van der Waals surface area (Å²) in [6.07, 6.45) is 3.60. The fourth-order valence-corrected chi connectivity index (χ4v) is 6.16. The van der Waals surface area contributed by atoms with Crippen LogP contribution in [0.2, 0.25) is 0 Å². The molecule has 4 heterocycles. The van der Waals surface area contributed by atoms with Crippen molar-refractivity contribution >= 4 is 72.0 Å². The largest absolute Gasteiger partial charge is 0.454 e. The summed E-state index contributed by atoms with van der Waals surface area (Å²) in [7, 11) is 0. The predicted molar refractivity (Wildman–Crippen MR) is 174 cm³/mol. The SMILES string of the molecule is c1ccc2c(-c3ccc(N(c4ccc5c(c4)oc4cccnc45)c4ccc5c(c4)oc4cccnc45)cc3)cccc2c1. The first-order valence-electron chi connectivity index (χ1n) is 14.2. The highest BCUT2D eigenvalue weighted by atomic mass is 16.3. The number of nitrogens with zero attached hydrogens (tertiary/aromatic N) is 3. The maximum absolute atomic E-state index is 6.23. The number of rotatable bonds is 4. The molecule has 0 radical (unpaired) electrons. The monoisotopic (exact) mass is 553 g/mol. The van der Waals surface area contributed by atoms with E-state index in [2.05, 4.69) is 118 Å². The summed E-state index contributed by atoms with van der Waals surface area (Å²) in [4.78, 5) is 11.3. The van der Waals surface area contributed by atoms with Gasteiger partial charge in [-0.05, 0) is 82.6 Å². The molecule has 0 saturated heterocycles. The Morgan fingerprint density at radius 3 is 1.67 bits per heavy atom. The molecule has 5 aromatic carbocycles. The molecule has 0 saturated carbocycles. The molecule has 0 atom stereocenters. The molecule has 0 bridgehead atoms. The second-order valence-electron chi connectivity index (χ2n) is 10.7. The van der Waals surface area contributed by atoms with E-state index in [1.165, 1.54) is 16.3 Å². The van der Waals surface area contributed by atoms with Crippen molar-refractivity contribution in [3.63, 3.8) is 0 Å². The van der Waals surface area contributed by atoms with Crippen molar-refractivity contribution in [2.45, 2.75) is 0 Å². The highest BCUT2D eigenvalue weighted by Gasteiger charge is 2.18. The molecule has 0 aliphatic heterocycles. The molecule has 0 spiro atoms. The molecule has 0 aliphatic carbocycles. The summed E-state index contributed by atoms with van der Waals surface area (Å²) in [6.45, 7) is 0. The lowest BCUT2D eigenvalue weighted by Gasteiger charge is -2.25. The van der Waals surface area contributed by atoms with Crippen molar-refractivity contribution in [2.24, 2.45) is 0 Å². The predicted octanol–water partition coefficient (Wildman–Crippen LogP) is 10.6. The average Bonchev–Trinajstić information content (AvgIpc) is 3.62. The molecular weight excluding hydrogens is 530 g/mol. The quantitative estimate of drug-likeness (QED) is 0.217. The number of hydrogen-bond donors (Lipinski definition) is 0. The van der Waals surface area contributed by atoms with Gasteiger partial charge in [0.05, 0.1) is 0 Å². The van der Waals surface area contributed by atoms with Crippen LogP contribution < -0.4 is 4.90 Å². The van der Waals surface area contributed by atoms with Crippen LogP contribution in [0.5, 0.6) is 0 Å². The smallest absolute Gasteiger partial charge is 0.153 e. The van der Waals surface area contributed by atoms with Crippen molar-refractivity contribution in [2.75, 3.05) is 4.90 Å². The first-order chi connectivity index (χ1) is 21.3. The lowest BCUT2D eigenvalue weighted by molar-refractivity contribution is 0.668. The van der Waals surface area contributed by atoms with Gasteiger partial charge in [0.15, 0.2) is 11.2 Å². The molecule has 43 heavy (non-hydrogen) atoms. The molecule has 0 fully saturated rings. The zero-order valence-electron chi connectivity index (χ0n) is 22.9. The lowest BCUT2D eigenvalue weighted by Crippen LogP contribution is -2.09. The van der Waals surface area contributed by atoms with Crippen LogP contribution in [0.3, 0.4) is 0 Å². The Morgan fingerprint density at radius 1 is 0.442 bits per heavy atom. The molecule has 0 amide bonds. The fraction of sp³-hybridized carbons (Fsp3) is 0. The van der Waals surface area contributed by atoms with Gasteiger partial charge in [0, 0.05) is 52.4 Å². The Kier molecular flexibility index (Phi) is 5.13. The summed E-state index contributed by atoms with van der Waals surface area (Å²) >= 11 is 0. The van der Waals surface area contributed by atoms with Crippen molar-refractivity contribution in [3.8, 4) is 11.1 Å². The van der Waals surface area contributed by atoms with Gasteiger partial charge in [0.2, 0.25) is 0 Å². The van der Waals surface area contributed by atoms with E-state index in [0.717, 1.165) is 66.8 Å². The Bertz CT molecular complexity index is 2350.